The van der Waals surface area contributed by atoms with Crippen LogP contribution in [0.15, 0.2) is 18.2 Å². The fourth-order valence-corrected chi connectivity index (χ4v) is 2.12. The average molecular weight is 238 g/mol. The number of halogens is 1. The third kappa shape index (κ3) is 2.72. The molecular formula is C12H15FN2O2. The number of ether oxygens (including phenoxy) is 1. The van der Waals surface area contributed by atoms with Gasteiger partial charge in [-0.25, -0.2) is 4.98 Å². The fourth-order valence-electron chi connectivity index (χ4n) is 2.12. The van der Waals surface area contributed by atoms with Crippen molar-refractivity contribution in [3.63, 3.8) is 0 Å². The Morgan fingerprint density at radius 1 is 1.59 bits per heavy atom. The quantitative estimate of drug-likeness (QED) is 0.580. The van der Waals surface area contributed by atoms with Gasteiger partial charge in [0.25, 0.3) is 0 Å². The SMILES string of the molecule is COC(=O)[C@H]1CCCN(c2cccc(F)n2)C1. The molecule has 2 heterocycles. The lowest BCUT2D eigenvalue weighted by atomic mass is 9.98. The lowest BCUT2D eigenvalue weighted by Gasteiger charge is -2.32. The molecule has 5 heteroatoms. The van der Waals surface area contributed by atoms with E-state index in [1.54, 1.807) is 12.1 Å². The lowest BCUT2D eigenvalue weighted by Crippen LogP contribution is -2.39. The van der Waals surface area contributed by atoms with Crippen molar-refractivity contribution in [2.45, 2.75) is 12.8 Å². The molecule has 0 radical (unpaired) electrons. The third-order valence-electron chi connectivity index (χ3n) is 2.98. The number of carbonyl (C=O) groups is 1. The zero-order chi connectivity index (χ0) is 12.3. The first-order valence-electron chi connectivity index (χ1n) is 5.66. The highest BCUT2D eigenvalue weighted by Gasteiger charge is 2.27. The van der Waals surface area contributed by atoms with E-state index in [9.17, 15) is 9.18 Å². The maximum absolute atomic E-state index is 13.0. The lowest BCUT2D eigenvalue weighted by molar-refractivity contribution is -0.145. The number of methoxy groups -OCH3 is 1. The van der Waals surface area contributed by atoms with Crippen LogP contribution in [0, 0.1) is 11.9 Å². The van der Waals surface area contributed by atoms with E-state index in [0.717, 1.165) is 19.4 Å². The summed E-state index contributed by atoms with van der Waals surface area (Å²) in [5, 5.41) is 0. The van der Waals surface area contributed by atoms with Crippen LogP contribution in [0.5, 0.6) is 0 Å². The van der Waals surface area contributed by atoms with Crippen LogP contribution in [0.4, 0.5) is 10.2 Å². The molecule has 1 saturated heterocycles. The minimum atomic E-state index is -0.498. The standard InChI is InChI=1S/C12H15FN2O2/c1-17-12(16)9-4-3-7-15(8-9)11-6-2-5-10(13)14-11/h2,5-6,9H,3-4,7-8H2,1H3/t9-/m0/s1. The summed E-state index contributed by atoms with van der Waals surface area (Å²) in [4.78, 5) is 17.2. The molecule has 2 rings (SSSR count). The van der Waals surface area contributed by atoms with Crippen molar-refractivity contribution in [2.75, 3.05) is 25.1 Å². The van der Waals surface area contributed by atoms with Gasteiger partial charge in [-0.15, -0.1) is 0 Å². The largest absolute Gasteiger partial charge is 0.469 e. The summed E-state index contributed by atoms with van der Waals surface area (Å²) in [6, 6.07) is 4.69. The molecule has 92 valence electrons. The summed E-state index contributed by atoms with van der Waals surface area (Å²) in [6.07, 6.45) is 1.70. The van der Waals surface area contributed by atoms with Crippen LogP contribution < -0.4 is 4.90 Å². The molecule has 0 saturated carbocycles. The Bertz CT molecular complexity index is 411. The summed E-state index contributed by atoms with van der Waals surface area (Å²) in [5.74, 6) is -0.258. The summed E-state index contributed by atoms with van der Waals surface area (Å²) < 4.78 is 17.8. The first kappa shape index (κ1) is 11.8. The van der Waals surface area contributed by atoms with E-state index in [1.807, 2.05) is 4.90 Å². The van der Waals surface area contributed by atoms with E-state index in [-0.39, 0.29) is 11.9 Å². The number of anilines is 1. The molecule has 0 aromatic carbocycles. The van der Waals surface area contributed by atoms with Gasteiger partial charge >= 0.3 is 5.97 Å². The van der Waals surface area contributed by atoms with Crippen LogP contribution in [0.25, 0.3) is 0 Å². The minimum Gasteiger partial charge on any atom is -0.469 e. The molecule has 1 aromatic rings. The first-order chi connectivity index (χ1) is 8.20. The van der Waals surface area contributed by atoms with Crippen LogP contribution in [-0.4, -0.2) is 31.2 Å². The van der Waals surface area contributed by atoms with Gasteiger partial charge in [-0.2, -0.15) is 4.39 Å². The molecule has 1 atom stereocenters. The molecule has 1 aliphatic heterocycles. The van der Waals surface area contributed by atoms with E-state index in [2.05, 4.69) is 4.98 Å². The van der Waals surface area contributed by atoms with Gasteiger partial charge in [-0.1, -0.05) is 6.07 Å². The number of pyridine rings is 1. The highest BCUT2D eigenvalue weighted by molar-refractivity contribution is 5.73. The molecule has 4 nitrogen and oxygen atoms in total. The Kier molecular flexibility index (Phi) is 3.56. The van der Waals surface area contributed by atoms with Gasteiger partial charge in [-0.3, -0.25) is 4.79 Å². The molecule has 0 spiro atoms. The highest BCUT2D eigenvalue weighted by Crippen LogP contribution is 2.22. The molecule has 0 unspecified atom stereocenters. The van der Waals surface area contributed by atoms with Gasteiger partial charge in [0.1, 0.15) is 5.82 Å². The molecule has 17 heavy (non-hydrogen) atoms. The Balaban J connectivity index is 2.09. The van der Waals surface area contributed by atoms with Gasteiger partial charge in [0, 0.05) is 13.1 Å². The van der Waals surface area contributed by atoms with Crippen molar-refractivity contribution in [1.29, 1.82) is 0 Å². The first-order valence-corrected chi connectivity index (χ1v) is 5.66. The van der Waals surface area contributed by atoms with E-state index >= 15 is 0 Å². The molecule has 0 bridgehead atoms. The van der Waals surface area contributed by atoms with Crippen molar-refractivity contribution in [1.82, 2.24) is 4.98 Å². The number of piperidine rings is 1. The number of hydrogen-bond donors (Lipinski definition) is 0. The van der Waals surface area contributed by atoms with E-state index < -0.39 is 5.95 Å². The van der Waals surface area contributed by atoms with Crippen molar-refractivity contribution < 1.29 is 13.9 Å². The zero-order valence-corrected chi connectivity index (χ0v) is 9.73. The number of aromatic nitrogens is 1. The van der Waals surface area contributed by atoms with Gasteiger partial charge in [0.05, 0.1) is 13.0 Å². The van der Waals surface area contributed by atoms with Gasteiger partial charge < -0.3 is 9.64 Å². The molecule has 0 aliphatic carbocycles. The average Bonchev–Trinajstić information content (AvgIpc) is 2.38. The molecule has 1 fully saturated rings. The van der Waals surface area contributed by atoms with Crippen molar-refractivity contribution in [2.24, 2.45) is 5.92 Å². The van der Waals surface area contributed by atoms with Gasteiger partial charge in [0.15, 0.2) is 0 Å². The van der Waals surface area contributed by atoms with Crippen LogP contribution >= 0.6 is 0 Å². The predicted octanol–water partition coefficient (Wildman–Crippen LogP) is 1.61. The maximum atomic E-state index is 13.0. The second-order valence-corrected chi connectivity index (χ2v) is 4.13. The normalized spacial score (nSPS) is 20.1. The molecule has 0 amide bonds. The van der Waals surface area contributed by atoms with E-state index in [1.165, 1.54) is 13.2 Å². The maximum Gasteiger partial charge on any atom is 0.310 e. The third-order valence-corrected chi connectivity index (χ3v) is 2.98. The highest BCUT2D eigenvalue weighted by atomic mass is 19.1. The second kappa shape index (κ2) is 5.12. The smallest absolute Gasteiger partial charge is 0.310 e. The number of hydrogen-bond acceptors (Lipinski definition) is 4. The second-order valence-electron chi connectivity index (χ2n) is 4.13. The Labute approximate surface area is 99.4 Å². The summed E-state index contributed by atoms with van der Waals surface area (Å²) >= 11 is 0. The summed E-state index contributed by atoms with van der Waals surface area (Å²) in [7, 11) is 1.39. The fraction of sp³-hybridized carbons (Fsp3) is 0.500. The number of carbonyl (C=O) groups excluding carboxylic acids is 1. The van der Waals surface area contributed by atoms with Crippen molar-refractivity contribution in [3.05, 3.63) is 24.1 Å². The summed E-state index contributed by atoms with van der Waals surface area (Å²) in [6.45, 7) is 1.34. The van der Waals surface area contributed by atoms with E-state index in [4.69, 9.17) is 4.74 Å². The minimum absolute atomic E-state index is 0.140. The monoisotopic (exact) mass is 238 g/mol. The predicted molar refractivity (Wildman–Crippen MR) is 61.1 cm³/mol. The van der Waals surface area contributed by atoms with Gasteiger partial charge in [-0.05, 0) is 25.0 Å². The molecule has 0 N–H and O–H groups in total. The van der Waals surface area contributed by atoms with Crippen molar-refractivity contribution in [3.8, 4) is 0 Å². The molecule has 1 aromatic heterocycles. The van der Waals surface area contributed by atoms with Crippen LogP contribution in [-0.2, 0) is 9.53 Å². The number of rotatable bonds is 2. The van der Waals surface area contributed by atoms with Gasteiger partial charge in [0.2, 0.25) is 5.95 Å². The Morgan fingerprint density at radius 3 is 3.12 bits per heavy atom. The van der Waals surface area contributed by atoms with Crippen molar-refractivity contribution >= 4 is 11.8 Å². The summed E-state index contributed by atoms with van der Waals surface area (Å²) in [5.41, 5.74) is 0. The zero-order valence-electron chi connectivity index (χ0n) is 9.73. The number of nitrogens with zero attached hydrogens (tertiary/aromatic N) is 2. The van der Waals surface area contributed by atoms with E-state index in [0.29, 0.717) is 12.4 Å². The molecular weight excluding hydrogens is 223 g/mol. The molecule has 1 aliphatic rings. The van der Waals surface area contributed by atoms with Crippen LogP contribution in [0.1, 0.15) is 12.8 Å². The Morgan fingerprint density at radius 2 is 2.41 bits per heavy atom. The topological polar surface area (TPSA) is 42.4 Å². The number of esters is 1. The Hall–Kier alpha value is -1.65. The van der Waals surface area contributed by atoms with Crippen LogP contribution in [0.3, 0.4) is 0 Å². The van der Waals surface area contributed by atoms with Crippen LogP contribution in [0.2, 0.25) is 0 Å².